The Labute approximate surface area is 99.4 Å². The third-order valence-electron chi connectivity index (χ3n) is 3.05. The zero-order valence-corrected chi connectivity index (χ0v) is 9.34. The number of fused-ring (bicyclic) bond motifs is 1. The maximum Gasteiger partial charge on any atom is 0.127 e. The van der Waals surface area contributed by atoms with Crippen LogP contribution in [0.25, 0.3) is 0 Å². The fraction of sp³-hybridized carbons (Fsp3) is 0.231. The van der Waals surface area contributed by atoms with E-state index in [2.05, 4.69) is 16.3 Å². The highest BCUT2D eigenvalue weighted by Gasteiger charge is 2.20. The average molecular weight is 227 g/mol. The Morgan fingerprint density at radius 2 is 2.18 bits per heavy atom. The first-order valence-corrected chi connectivity index (χ1v) is 5.63. The molecule has 0 saturated heterocycles. The Morgan fingerprint density at radius 1 is 1.24 bits per heavy atom. The van der Waals surface area contributed by atoms with E-state index in [1.165, 1.54) is 5.56 Å². The molecule has 2 N–H and O–H groups in total. The van der Waals surface area contributed by atoms with Crippen molar-refractivity contribution in [1.29, 1.82) is 0 Å². The molecule has 86 valence electrons. The van der Waals surface area contributed by atoms with Crippen LogP contribution in [0.1, 0.15) is 22.7 Å². The normalized spacial score (nSPS) is 15.1. The van der Waals surface area contributed by atoms with Crippen molar-refractivity contribution < 1.29 is 4.74 Å². The summed E-state index contributed by atoms with van der Waals surface area (Å²) in [5.74, 6) is 0.941. The van der Waals surface area contributed by atoms with Crippen LogP contribution in [-0.4, -0.2) is 16.8 Å². The molecule has 0 fully saturated rings. The second-order valence-corrected chi connectivity index (χ2v) is 4.09. The number of hydrogen-bond acceptors (Lipinski definition) is 4. The van der Waals surface area contributed by atoms with Gasteiger partial charge in [-0.2, -0.15) is 10.2 Å². The van der Waals surface area contributed by atoms with Crippen molar-refractivity contribution in [3.63, 3.8) is 0 Å². The maximum atomic E-state index is 6.24. The van der Waals surface area contributed by atoms with Crippen molar-refractivity contribution in [2.75, 3.05) is 6.61 Å². The fourth-order valence-corrected chi connectivity index (χ4v) is 2.15. The molecule has 3 rings (SSSR count). The number of benzene rings is 1. The molecular weight excluding hydrogens is 214 g/mol. The van der Waals surface area contributed by atoms with Gasteiger partial charge >= 0.3 is 0 Å². The average Bonchev–Trinajstić information content (AvgIpc) is 2.87. The Balaban J connectivity index is 2.03. The first-order valence-electron chi connectivity index (χ1n) is 5.63. The summed E-state index contributed by atoms with van der Waals surface area (Å²) in [6.45, 7) is 0.744. The van der Waals surface area contributed by atoms with Crippen molar-refractivity contribution >= 4 is 0 Å². The SMILES string of the molecule is NC(c1ccnnc1)c1cccc2c1OCC2. The van der Waals surface area contributed by atoms with Crippen LogP contribution in [0, 0.1) is 0 Å². The summed E-state index contributed by atoms with van der Waals surface area (Å²) in [5.41, 5.74) is 9.45. The van der Waals surface area contributed by atoms with E-state index in [0.717, 1.165) is 29.9 Å². The highest BCUT2D eigenvalue weighted by molar-refractivity contribution is 5.48. The molecule has 1 unspecified atom stereocenters. The lowest BCUT2D eigenvalue weighted by molar-refractivity contribution is 0.352. The molecule has 0 bridgehead atoms. The minimum absolute atomic E-state index is 0.210. The Morgan fingerprint density at radius 3 is 3.00 bits per heavy atom. The maximum absolute atomic E-state index is 6.24. The molecule has 0 radical (unpaired) electrons. The van der Waals surface area contributed by atoms with E-state index in [9.17, 15) is 0 Å². The van der Waals surface area contributed by atoms with Gasteiger partial charge in [-0.3, -0.25) is 0 Å². The van der Waals surface area contributed by atoms with Gasteiger partial charge in [0.05, 0.1) is 18.8 Å². The summed E-state index contributed by atoms with van der Waals surface area (Å²) < 4.78 is 5.66. The molecule has 4 heteroatoms. The first-order chi connectivity index (χ1) is 8.36. The number of nitrogens with two attached hydrogens (primary N) is 1. The third kappa shape index (κ3) is 1.76. The van der Waals surface area contributed by atoms with Crippen LogP contribution >= 0.6 is 0 Å². The highest BCUT2D eigenvalue weighted by atomic mass is 16.5. The van der Waals surface area contributed by atoms with Crippen molar-refractivity contribution in [1.82, 2.24) is 10.2 Å². The summed E-state index contributed by atoms with van der Waals surface area (Å²) in [6, 6.07) is 7.79. The van der Waals surface area contributed by atoms with Gasteiger partial charge in [0.15, 0.2) is 0 Å². The van der Waals surface area contributed by atoms with E-state index in [4.69, 9.17) is 10.5 Å². The van der Waals surface area contributed by atoms with E-state index < -0.39 is 0 Å². The predicted octanol–water partition coefficient (Wildman–Crippen LogP) is 1.46. The number of ether oxygens (including phenoxy) is 1. The van der Waals surface area contributed by atoms with Crippen LogP contribution in [0.3, 0.4) is 0 Å². The fourth-order valence-electron chi connectivity index (χ4n) is 2.15. The molecule has 0 aliphatic carbocycles. The van der Waals surface area contributed by atoms with Gasteiger partial charge in [0, 0.05) is 18.2 Å². The van der Waals surface area contributed by atoms with Gasteiger partial charge in [0.25, 0.3) is 0 Å². The summed E-state index contributed by atoms with van der Waals surface area (Å²) >= 11 is 0. The van der Waals surface area contributed by atoms with Gasteiger partial charge in [0.2, 0.25) is 0 Å². The zero-order chi connectivity index (χ0) is 11.7. The second kappa shape index (κ2) is 4.14. The van der Waals surface area contributed by atoms with Crippen molar-refractivity contribution in [2.45, 2.75) is 12.5 Å². The van der Waals surface area contributed by atoms with Gasteiger partial charge < -0.3 is 10.5 Å². The van der Waals surface area contributed by atoms with Gasteiger partial charge in [0.1, 0.15) is 5.75 Å². The number of nitrogens with zero attached hydrogens (tertiary/aromatic N) is 2. The predicted molar refractivity (Wildman–Crippen MR) is 63.7 cm³/mol. The van der Waals surface area contributed by atoms with Gasteiger partial charge in [-0.05, 0) is 17.2 Å². The smallest absolute Gasteiger partial charge is 0.127 e. The summed E-state index contributed by atoms with van der Waals surface area (Å²) in [6.07, 6.45) is 4.31. The lowest BCUT2D eigenvalue weighted by atomic mass is 9.98. The van der Waals surface area contributed by atoms with E-state index in [-0.39, 0.29) is 6.04 Å². The molecule has 1 aromatic heterocycles. The monoisotopic (exact) mass is 227 g/mol. The second-order valence-electron chi connectivity index (χ2n) is 4.09. The minimum atomic E-state index is -0.210. The van der Waals surface area contributed by atoms with Crippen molar-refractivity contribution in [3.05, 3.63) is 53.3 Å². The van der Waals surface area contributed by atoms with Crippen LogP contribution in [0.2, 0.25) is 0 Å². The van der Waals surface area contributed by atoms with Gasteiger partial charge in [-0.25, -0.2) is 0 Å². The summed E-state index contributed by atoms with van der Waals surface area (Å²) in [7, 11) is 0. The number of rotatable bonds is 2. The van der Waals surface area contributed by atoms with Crippen LogP contribution in [0.15, 0.2) is 36.7 Å². The molecule has 4 nitrogen and oxygen atoms in total. The minimum Gasteiger partial charge on any atom is -0.493 e. The molecule has 0 amide bonds. The Hall–Kier alpha value is -1.94. The quantitative estimate of drug-likeness (QED) is 0.843. The lowest BCUT2D eigenvalue weighted by Gasteiger charge is -2.15. The molecule has 1 aliphatic heterocycles. The van der Waals surface area contributed by atoms with Crippen molar-refractivity contribution in [2.24, 2.45) is 5.73 Å². The van der Waals surface area contributed by atoms with Crippen LogP contribution in [-0.2, 0) is 6.42 Å². The van der Waals surface area contributed by atoms with Crippen LogP contribution in [0.4, 0.5) is 0 Å². The first kappa shape index (κ1) is 10.2. The number of para-hydroxylation sites is 1. The third-order valence-corrected chi connectivity index (χ3v) is 3.05. The molecular formula is C13H13N3O. The largest absolute Gasteiger partial charge is 0.493 e. The Bertz CT molecular complexity index is 527. The van der Waals surface area contributed by atoms with E-state index in [1.54, 1.807) is 12.4 Å². The van der Waals surface area contributed by atoms with E-state index in [1.807, 2.05) is 18.2 Å². The Kier molecular flexibility index (Phi) is 2.49. The molecule has 0 spiro atoms. The standard InChI is InChI=1S/C13H13N3O/c14-12(10-4-6-15-16-8-10)11-3-1-2-9-5-7-17-13(9)11/h1-4,6,8,12H,5,7,14H2. The molecule has 1 atom stereocenters. The summed E-state index contributed by atoms with van der Waals surface area (Å²) in [5, 5.41) is 7.61. The molecule has 17 heavy (non-hydrogen) atoms. The van der Waals surface area contributed by atoms with Crippen molar-refractivity contribution in [3.8, 4) is 5.75 Å². The van der Waals surface area contributed by atoms with Crippen LogP contribution in [0.5, 0.6) is 5.75 Å². The molecule has 0 saturated carbocycles. The highest BCUT2D eigenvalue weighted by Crippen LogP contribution is 2.34. The van der Waals surface area contributed by atoms with Gasteiger partial charge in [-0.1, -0.05) is 18.2 Å². The number of aromatic nitrogens is 2. The van der Waals surface area contributed by atoms with E-state index >= 15 is 0 Å². The topological polar surface area (TPSA) is 61.0 Å². The zero-order valence-electron chi connectivity index (χ0n) is 9.34. The molecule has 1 aliphatic rings. The summed E-state index contributed by atoms with van der Waals surface area (Å²) in [4.78, 5) is 0. The van der Waals surface area contributed by atoms with Gasteiger partial charge in [-0.15, -0.1) is 0 Å². The van der Waals surface area contributed by atoms with E-state index in [0.29, 0.717) is 0 Å². The van der Waals surface area contributed by atoms with Crippen LogP contribution < -0.4 is 10.5 Å². The number of hydrogen-bond donors (Lipinski definition) is 1. The molecule has 2 aromatic rings. The molecule has 1 aromatic carbocycles. The molecule has 2 heterocycles. The lowest BCUT2D eigenvalue weighted by Crippen LogP contribution is -2.13.